The van der Waals surface area contributed by atoms with Gasteiger partial charge in [-0.15, -0.1) is 0 Å². The van der Waals surface area contributed by atoms with Crippen LogP contribution in [0.1, 0.15) is 23.7 Å². The van der Waals surface area contributed by atoms with Gasteiger partial charge in [-0.25, -0.2) is 4.98 Å². The number of nitrogens with one attached hydrogen (secondary N) is 1. The highest BCUT2D eigenvalue weighted by atomic mass is 16.3. The number of hydrogen-bond acceptors (Lipinski definition) is 3. The van der Waals surface area contributed by atoms with Crippen LogP contribution in [0, 0.1) is 0 Å². The van der Waals surface area contributed by atoms with E-state index < -0.39 is 0 Å². The summed E-state index contributed by atoms with van der Waals surface area (Å²) in [7, 11) is 0. The second-order valence-electron chi connectivity index (χ2n) is 6.34. The first kappa shape index (κ1) is 14.4. The minimum absolute atomic E-state index is 0.215. The molecule has 0 amide bonds. The minimum Gasteiger partial charge on any atom is -0.391 e. The van der Waals surface area contributed by atoms with Crippen LogP contribution in [0.3, 0.4) is 0 Å². The quantitative estimate of drug-likeness (QED) is 0.782. The first-order valence-electron chi connectivity index (χ1n) is 8.17. The third kappa shape index (κ3) is 3.00. The molecule has 0 aliphatic carbocycles. The number of aliphatic hydroxyl groups excluding tert-OH is 1. The van der Waals surface area contributed by atoms with Crippen LogP contribution in [-0.2, 0) is 6.54 Å². The highest BCUT2D eigenvalue weighted by Crippen LogP contribution is 2.30. The van der Waals surface area contributed by atoms with Gasteiger partial charge in [0.2, 0.25) is 0 Å². The molecule has 1 aromatic heterocycles. The van der Waals surface area contributed by atoms with E-state index in [1.165, 1.54) is 16.3 Å². The molecule has 4 rings (SSSR count). The van der Waals surface area contributed by atoms with E-state index in [1.807, 2.05) is 6.20 Å². The molecule has 1 aliphatic rings. The maximum atomic E-state index is 10.6. The molecule has 0 radical (unpaired) electrons. The zero-order chi connectivity index (χ0) is 15.6. The lowest BCUT2D eigenvalue weighted by Crippen LogP contribution is -2.42. The highest BCUT2D eigenvalue weighted by Gasteiger charge is 2.29. The zero-order valence-electron chi connectivity index (χ0n) is 13.0. The van der Waals surface area contributed by atoms with Crippen molar-refractivity contribution in [3.05, 3.63) is 66.2 Å². The second-order valence-corrected chi connectivity index (χ2v) is 6.34. The summed E-state index contributed by atoms with van der Waals surface area (Å²) in [6.45, 7) is 2.45. The summed E-state index contributed by atoms with van der Waals surface area (Å²) < 4.78 is 0. The maximum Gasteiger partial charge on any atom is 0.120 e. The molecule has 2 aromatic carbocycles. The predicted molar refractivity (Wildman–Crippen MR) is 91.2 cm³/mol. The number of aliphatic hydroxyl groups is 1. The SMILES string of the molecule is O[C@@H]1CN(Cc2ncc[nH]2)CC[C@H]1c1ccc2ccccc2c1. The van der Waals surface area contributed by atoms with E-state index in [2.05, 4.69) is 57.3 Å². The molecular formula is C19H21N3O. The standard InChI is InChI=1S/C19H21N3O/c23-18-12-22(13-19-20-8-9-21-19)10-7-17(18)16-6-5-14-3-1-2-4-15(14)11-16/h1-6,8-9,11,17-18,23H,7,10,12-13H2,(H,20,21)/t17-,18+/m0/s1. The zero-order valence-corrected chi connectivity index (χ0v) is 13.0. The average Bonchev–Trinajstić information content (AvgIpc) is 3.07. The summed E-state index contributed by atoms with van der Waals surface area (Å²) in [5, 5.41) is 13.1. The molecule has 1 aliphatic heterocycles. The van der Waals surface area contributed by atoms with Crippen LogP contribution >= 0.6 is 0 Å². The number of benzene rings is 2. The van der Waals surface area contributed by atoms with Crippen molar-refractivity contribution >= 4 is 10.8 Å². The minimum atomic E-state index is -0.333. The van der Waals surface area contributed by atoms with E-state index >= 15 is 0 Å². The van der Waals surface area contributed by atoms with Crippen molar-refractivity contribution in [1.29, 1.82) is 0 Å². The molecule has 2 N–H and O–H groups in total. The first-order chi connectivity index (χ1) is 11.3. The molecule has 3 aromatic rings. The predicted octanol–water partition coefficient (Wildman–Crippen LogP) is 2.91. The Kier molecular flexibility index (Phi) is 3.85. The number of aromatic amines is 1. The maximum absolute atomic E-state index is 10.6. The molecule has 2 atom stereocenters. The van der Waals surface area contributed by atoms with Gasteiger partial charge in [0.25, 0.3) is 0 Å². The third-order valence-electron chi connectivity index (χ3n) is 4.80. The average molecular weight is 307 g/mol. The van der Waals surface area contributed by atoms with Gasteiger partial charge in [-0.3, -0.25) is 4.90 Å². The number of β-amino-alcohol motifs (C(OH)–C–C–N with tert-alkyl or cyclic N) is 1. The van der Waals surface area contributed by atoms with Crippen LogP contribution in [0.25, 0.3) is 10.8 Å². The van der Waals surface area contributed by atoms with Gasteiger partial charge in [0.05, 0.1) is 12.6 Å². The van der Waals surface area contributed by atoms with Gasteiger partial charge in [-0.2, -0.15) is 0 Å². The molecule has 2 heterocycles. The van der Waals surface area contributed by atoms with E-state index in [0.717, 1.165) is 25.3 Å². The molecule has 1 saturated heterocycles. The normalized spacial score (nSPS) is 22.5. The number of nitrogens with zero attached hydrogens (tertiary/aromatic N) is 2. The Bertz CT molecular complexity index is 784. The van der Waals surface area contributed by atoms with E-state index in [0.29, 0.717) is 6.54 Å². The van der Waals surface area contributed by atoms with Crippen LogP contribution < -0.4 is 0 Å². The molecule has 0 bridgehead atoms. The van der Waals surface area contributed by atoms with Gasteiger partial charge >= 0.3 is 0 Å². The number of hydrogen-bond donors (Lipinski definition) is 2. The number of imidazole rings is 1. The number of fused-ring (bicyclic) bond motifs is 1. The Morgan fingerprint density at radius 1 is 1.17 bits per heavy atom. The van der Waals surface area contributed by atoms with Crippen molar-refractivity contribution in [3.8, 4) is 0 Å². The van der Waals surface area contributed by atoms with Gasteiger partial charge in [-0.05, 0) is 29.3 Å². The van der Waals surface area contributed by atoms with Crippen LogP contribution in [0.5, 0.6) is 0 Å². The topological polar surface area (TPSA) is 52.1 Å². The monoisotopic (exact) mass is 307 g/mol. The summed E-state index contributed by atoms with van der Waals surface area (Å²) in [4.78, 5) is 9.66. The fourth-order valence-corrected chi connectivity index (χ4v) is 3.56. The van der Waals surface area contributed by atoms with Crippen molar-refractivity contribution in [2.75, 3.05) is 13.1 Å². The first-order valence-corrected chi connectivity index (χ1v) is 8.17. The van der Waals surface area contributed by atoms with Gasteiger partial charge in [-0.1, -0.05) is 42.5 Å². The number of likely N-dealkylation sites (tertiary alicyclic amines) is 1. The highest BCUT2D eigenvalue weighted by molar-refractivity contribution is 5.83. The molecule has 1 fully saturated rings. The Balaban J connectivity index is 1.49. The number of H-pyrrole nitrogens is 1. The van der Waals surface area contributed by atoms with Crippen molar-refractivity contribution in [2.45, 2.75) is 25.0 Å². The fraction of sp³-hybridized carbons (Fsp3) is 0.316. The van der Waals surface area contributed by atoms with Crippen molar-refractivity contribution < 1.29 is 5.11 Å². The molecule has 0 saturated carbocycles. The molecule has 23 heavy (non-hydrogen) atoms. The smallest absolute Gasteiger partial charge is 0.120 e. The molecule has 4 nitrogen and oxygen atoms in total. The second kappa shape index (κ2) is 6.14. The third-order valence-corrected chi connectivity index (χ3v) is 4.80. The Labute approximate surface area is 135 Å². The summed E-state index contributed by atoms with van der Waals surface area (Å²) in [6.07, 6.45) is 4.25. The van der Waals surface area contributed by atoms with Crippen molar-refractivity contribution in [3.63, 3.8) is 0 Å². The summed E-state index contributed by atoms with van der Waals surface area (Å²) >= 11 is 0. The number of piperidine rings is 1. The van der Waals surface area contributed by atoms with Crippen molar-refractivity contribution in [1.82, 2.24) is 14.9 Å². The van der Waals surface area contributed by atoms with E-state index in [9.17, 15) is 5.11 Å². The fourth-order valence-electron chi connectivity index (χ4n) is 3.56. The lowest BCUT2D eigenvalue weighted by Gasteiger charge is -2.35. The Hall–Kier alpha value is -2.17. The number of aromatic nitrogens is 2. The van der Waals surface area contributed by atoms with Gasteiger partial charge < -0.3 is 10.1 Å². The Morgan fingerprint density at radius 3 is 2.83 bits per heavy atom. The number of rotatable bonds is 3. The van der Waals surface area contributed by atoms with Crippen molar-refractivity contribution in [2.24, 2.45) is 0 Å². The van der Waals surface area contributed by atoms with Crippen LogP contribution in [0.15, 0.2) is 54.9 Å². The van der Waals surface area contributed by atoms with Gasteiger partial charge in [0.15, 0.2) is 0 Å². The lowest BCUT2D eigenvalue weighted by atomic mass is 9.86. The molecule has 4 heteroatoms. The van der Waals surface area contributed by atoms with Gasteiger partial charge in [0.1, 0.15) is 5.82 Å². The molecule has 0 unspecified atom stereocenters. The lowest BCUT2D eigenvalue weighted by molar-refractivity contribution is 0.0467. The van der Waals surface area contributed by atoms with E-state index in [4.69, 9.17) is 0 Å². The van der Waals surface area contributed by atoms with E-state index in [1.54, 1.807) is 6.20 Å². The van der Waals surface area contributed by atoms with Crippen LogP contribution in [0.2, 0.25) is 0 Å². The summed E-state index contributed by atoms with van der Waals surface area (Å²) in [6, 6.07) is 14.9. The van der Waals surface area contributed by atoms with Crippen LogP contribution in [0.4, 0.5) is 0 Å². The largest absolute Gasteiger partial charge is 0.391 e. The van der Waals surface area contributed by atoms with E-state index in [-0.39, 0.29) is 12.0 Å². The molecular weight excluding hydrogens is 286 g/mol. The van der Waals surface area contributed by atoms with Crippen LogP contribution in [-0.4, -0.2) is 39.2 Å². The molecule has 118 valence electrons. The molecule has 0 spiro atoms. The summed E-state index contributed by atoms with van der Waals surface area (Å²) in [5.74, 6) is 1.17. The Morgan fingerprint density at radius 2 is 2.04 bits per heavy atom. The van der Waals surface area contributed by atoms with Gasteiger partial charge in [0, 0.05) is 24.9 Å². The summed E-state index contributed by atoms with van der Waals surface area (Å²) in [5.41, 5.74) is 1.24.